The van der Waals surface area contributed by atoms with Crippen molar-refractivity contribution in [1.82, 2.24) is 0 Å². The van der Waals surface area contributed by atoms with E-state index in [2.05, 4.69) is 6.92 Å². The largest absolute Gasteiger partial charge is 0.324 e. The molecule has 2 atom stereocenters. The van der Waals surface area contributed by atoms with Crippen molar-refractivity contribution in [2.45, 2.75) is 31.7 Å². The molecule has 0 aromatic carbocycles. The Kier molecular flexibility index (Phi) is 1.79. The van der Waals surface area contributed by atoms with E-state index in [-0.39, 0.29) is 0 Å². The molecule has 46 valence electrons. The summed E-state index contributed by atoms with van der Waals surface area (Å²) in [6, 6.07) is 0.392. The summed E-state index contributed by atoms with van der Waals surface area (Å²) in [4.78, 5) is 0. The fraction of sp³-hybridized carbons (Fsp3) is 0.857. The number of nitrogens with two attached hydrogens (primary N) is 1. The molecule has 0 radical (unpaired) electrons. The molecular formula is C7H14N+. The van der Waals surface area contributed by atoms with E-state index in [1.54, 1.807) is 0 Å². The Morgan fingerprint density at radius 3 is 2.25 bits per heavy atom. The summed E-state index contributed by atoms with van der Waals surface area (Å²) in [5.41, 5.74) is 5.72. The first kappa shape index (κ1) is 5.96. The lowest BCUT2D eigenvalue weighted by Gasteiger charge is -2.19. The fourth-order valence-electron chi connectivity index (χ4n) is 1.24. The van der Waals surface area contributed by atoms with Crippen molar-refractivity contribution < 1.29 is 0 Å². The van der Waals surface area contributed by atoms with Crippen LogP contribution in [0.1, 0.15) is 25.7 Å². The van der Waals surface area contributed by atoms with Gasteiger partial charge in [0.2, 0.25) is 0 Å². The number of hydrogen-bond donors (Lipinski definition) is 1. The molecule has 0 saturated heterocycles. The molecule has 1 saturated carbocycles. The van der Waals surface area contributed by atoms with Crippen LogP contribution in [-0.2, 0) is 0 Å². The Balaban J connectivity index is 2.28. The molecule has 1 heteroatoms. The van der Waals surface area contributed by atoms with E-state index < -0.39 is 0 Å². The molecule has 0 amide bonds. The van der Waals surface area contributed by atoms with Gasteiger partial charge in [-0.1, -0.05) is 6.42 Å². The van der Waals surface area contributed by atoms with Crippen LogP contribution in [0.25, 0.3) is 0 Å². The fourth-order valence-corrected chi connectivity index (χ4v) is 1.24. The van der Waals surface area contributed by atoms with Crippen LogP contribution >= 0.6 is 0 Å². The Labute approximate surface area is 51.3 Å². The summed E-state index contributed by atoms with van der Waals surface area (Å²) in [7, 11) is 0. The van der Waals surface area contributed by atoms with Gasteiger partial charge in [0, 0.05) is 6.04 Å². The zero-order chi connectivity index (χ0) is 5.98. The van der Waals surface area contributed by atoms with Crippen molar-refractivity contribution in [3.8, 4) is 0 Å². The lowest BCUT2D eigenvalue weighted by atomic mass is 9.87. The maximum Gasteiger partial charge on any atom is 0.110 e. The number of rotatable bonds is 0. The summed E-state index contributed by atoms with van der Waals surface area (Å²) < 4.78 is 0. The first-order valence-electron chi connectivity index (χ1n) is 3.39. The van der Waals surface area contributed by atoms with Crippen molar-refractivity contribution >= 4 is 0 Å². The molecule has 8 heavy (non-hydrogen) atoms. The third-order valence-electron chi connectivity index (χ3n) is 1.97. The zero-order valence-corrected chi connectivity index (χ0v) is 5.27. The first-order valence-corrected chi connectivity index (χ1v) is 3.39. The minimum absolute atomic E-state index is 0.392. The van der Waals surface area contributed by atoms with Gasteiger partial charge in [0.15, 0.2) is 0 Å². The van der Waals surface area contributed by atoms with Gasteiger partial charge in [0.05, 0.1) is 6.92 Å². The van der Waals surface area contributed by atoms with Gasteiger partial charge >= 0.3 is 0 Å². The Morgan fingerprint density at radius 2 is 1.88 bits per heavy atom. The van der Waals surface area contributed by atoms with E-state index in [1.165, 1.54) is 25.7 Å². The molecule has 1 fully saturated rings. The lowest BCUT2D eigenvalue weighted by Crippen LogP contribution is -2.30. The van der Waals surface area contributed by atoms with Crippen molar-refractivity contribution in [3.63, 3.8) is 0 Å². The van der Waals surface area contributed by atoms with Gasteiger partial charge in [-0.3, -0.25) is 0 Å². The summed E-state index contributed by atoms with van der Waals surface area (Å²) in [6.07, 6.45) is 5.07. The van der Waals surface area contributed by atoms with Crippen LogP contribution < -0.4 is 5.73 Å². The highest BCUT2D eigenvalue weighted by atomic mass is 14.6. The highest BCUT2D eigenvalue weighted by Crippen LogP contribution is 2.21. The van der Waals surface area contributed by atoms with Crippen LogP contribution in [0, 0.1) is 12.8 Å². The minimum Gasteiger partial charge on any atom is -0.324 e. The summed E-state index contributed by atoms with van der Waals surface area (Å²) in [5.74, 6) is 0.531. The first-order chi connectivity index (χ1) is 3.80. The molecule has 0 aliphatic heterocycles. The van der Waals surface area contributed by atoms with Gasteiger partial charge in [-0.05, 0) is 19.3 Å². The smallest absolute Gasteiger partial charge is 0.110 e. The SMILES string of the molecule is [CH2+][C@@H]1CCCC[C@H]1N. The maximum absolute atomic E-state index is 5.72. The molecule has 1 rings (SSSR count). The monoisotopic (exact) mass is 112 g/mol. The van der Waals surface area contributed by atoms with Gasteiger partial charge in [-0.25, -0.2) is 0 Å². The van der Waals surface area contributed by atoms with Crippen molar-refractivity contribution in [2.75, 3.05) is 0 Å². The minimum atomic E-state index is 0.392. The molecule has 1 aliphatic carbocycles. The molecule has 0 bridgehead atoms. The lowest BCUT2D eigenvalue weighted by molar-refractivity contribution is 0.359. The average Bonchev–Trinajstić information content (AvgIpc) is 1.77. The topological polar surface area (TPSA) is 26.0 Å². The van der Waals surface area contributed by atoms with Gasteiger partial charge in [0.25, 0.3) is 0 Å². The molecule has 0 aromatic rings. The number of hydrogen-bond acceptors (Lipinski definition) is 1. The van der Waals surface area contributed by atoms with Gasteiger partial charge in [-0.2, -0.15) is 0 Å². The van der Waals surface area contributed by atoms with E-state index in [0.717, 1.165) is 0 Å². The molecule has 0 spiro atoms. The highest BCUT2D eigenvalue weighted by molar-refractivity contribution is 4.78. The van der Waals surface area contributed by atoms with Crippen LogP contribution in [0.2, 0.25) is 0 Å². The standard InChI is InChI=1S/C7H14N/c1-6-4-2-3-5-7(6)8/h6-7H,1-5,8H2/q+1/t6-,7-/m1/s1. The Morgan fingerprint density at radius 1 is 1.25 bits per heavy atom. The van der Waals surface area contributed by atoms with Crippen molar-refractivity contribution in [2.24, 2.45) is 11.7 Å². The van der Waals surface area contributed by atoms with Crippen LogP contribution in [0.5, 0.6) is 0 Å². The van der Waals surface area contributed by atoms with Crippen molar-refractivity contribution in [1.29, 1.82) is 0 Å². The second kappa shape index (κ2) is 2.40. The van der Waals surface area contributed by atoms with E-state index >= 15 is 0 Å². The predicted molar refractivity (Wildman–Crippen MR) is 35.3 cm³/mol. The van der Waals surface area contributed by atoms with Gasteiger partial charge in [-0.15, -0.1) is 0 Å². The third kappa shape index (κ3) is 1.16. The van der Waals surface area contributed by atoms with Crippen LogP contribution in [0.15, 0.2) is 0 Å². The van der Waals surface area contributed by atoms with Crippen molar-refractivity contribution in [3.05, 3.63) is 6.92 Å². The highest BCUT2D eigenvalue weighted by Gasteiger charge is 2.21. The van der Waals surface area contributed by atoms with E-state index in [1.807, 2.05) is 0 Å². The summed E-state index contributed by atoms with van der Waals surface area (Å²) >= 11 is 0. The second-order valence-corrected chi connectivity index (χ2v) is 2.71. The normalized spacial score (nSPS) is 39.6. The van der Waals surface area contributed by atoms with Gasteiger partial charge < -0.3 is 5.73 Å². The molecule has 0 aromatic heterocycles. The quantitative estimate of drug-likeness (QED) is 0.470. The molecule has 0 unspecified atom stereocenters. The molecular weight excluding hydrogens is 98.1 g/mol. The van der Waals surface area contributed by atoms with E-state index in [9.17, 15) is 0 Å². The summed E-state index contributed by atoms with van der Waals surface area (Å²) in [6.45, 7) is 3.95. The van der Waals surface area contributed by atoms with Gasteiger partial charge in [0.1, 0.15) is 5.92 Å². The molecule has 2 N–H and O–H groups in total. The Bertz CT molecular complexity index is 60.8. The van der Waals surface area contributed by atoms with Crippen LogP contribution in [0.4, 0.5) is 0 Å². The Hall–Kier alpha value is -0.170. The van der Waals surface area contributed by atoms with E-state index in [4.69, 9.17) is 5.73 Å². The summed E-state index contributed by atoms with van der Waals surface area (Å²) in [5, 5.41) is 0. The second-order valence-electron chi connectivity index (χ2n) is 2.71. The maximum atomic E-state index is 5.72. The van der Waals surface area contributed by atoms with E-state index in [0.29, 0.717) is 12.0 Å². The van der Waals surface area contributed by atoms with Crippen LogP contribution in [0.3, 0.4) is 0 Å². The third-order valence-corrected chi connectivity index (χ3v) is 1.97. The van der Waals surface area contributed by atoms with Crippen LogP contribution in [-0.4, -0.2) is 6.04 Å². The average molecular weight is 112 g/mol. The molecule has 0 heterocycles. The molecule has 1 aliphatic rings. The zero-order valence-electron chi connectivity index (χ0n) is 5.27. The predicted octanol–water partition coefficient (Wildman–Crippen LogP) is 1.34. The molecule has 1 nitrogen and oxygen atoms in total.